The monoisotopic (exact) mass is 310 g/mol. The van der Waals surface area contributed by atoms with E-state index in [1.54, 1.807) is 12.1 Å². The van der Waals surface area contributed by atoms with Gasteiger partial charge in [0.1, 0.15) is 5.82 Å². The summed E-state index contributed by atoms with van der Waals surface area (Å²) in [6.45, 7) is 1.14. The van der Waals surface area contributed by atoms with Crippen molar-refractivity contribution >= 4 is 11.8 Å². The number of rotatable bonds is 6. The van der Waals surface area contributed by atoms with Crippen LogP contribution in [-0.2, 0) is 25.5 Å². The fourth-order valence-corrected chi connectivity index (χ4v) is 2.16. The molecule has 2 amide bonds. The van der Waals surface area contributed by atoms with Crippen molar-refractivity contribution in [1.29, 1.82) is 0 Å². The van der Waals surface area contributed by atoms with Crippen molar-refractivity contribution in [3.8, 4) is 0 Å². The minimum absolute atomic E-state index is 0.103. The van der Waals surface area contributed by atoms with Crippen LogP contribution in [-0.4, -0.2) is 44.3 Å². The second-order valence-electron chi connectivity index (χ2n) is 5.11. The number of hydrogen-bond donors (Lipinski definition) is 2. The predicted octanol–water partition coefficient (Wildman–Crippen LogP) is 0.00130. The van der Waals surface area contributed by atoms with Crippen LogP contribution in [0.15, 0.2) is 24.3 Å². The second-order valence-corrected chi connectivity index (χ2v) is 5.11. The first-order chi connectivity index (χ1) is 10.6. The molecule has 7 heteroatoms. The second kappa shape index (κ2) is 7.86. The van der Waals surface area contributed by atoms with E-state index in [4.69, 9.17) is 15.2 Å². The number of halogens is 1. The van der Waals surface area contributed by atoms with Gasteiger partial charge in [-0.2, -0.15) is 0 Å². The van der Waals surface area contributed by atoms with E-state index in [0.717, 1.165) is 5.56 Å². The van der Waals surface area contributed by atoms with Gasteiger partial charge in [0.15, 0.2) is 6.10 Å². The van der Waals surface area contributed by atoms with Crippen molar-refractivity contribution in [2.24, 2.45) is 11.7 Å². The quantitative estimate of drug-likeness (QED) is 0.774. The molecule has 2 atom stereocenters. The fourth-order valence-electron chi connectivity index (χ4n) is 2.16. The van der Waals surface area contributed by atoms with Crippen LogP contribution in [0.25, 0.3) is 0 Å². The molecule has 0 unspecified atom stereocenters. The number of carbonyl (C=O) groups is 2. The number of nitrogens with one attached hydrogen (secondary N) is 1. The highest BCUT2D eigenvalue weighted by molar-refractivity contribution is 5.82. The van der Waals surface area contributed by atoms with Gasteiger partial charge in [-0.1, -0.05) is 12.1 Å². The zero-order valence-corrected chi connectivity index (χ0v) is 12.1. The summed E-state index contributed by atoms with van der Waals surface area (Å²) in [7, 11) is 0. The van der Waals surface area contributed by atoms with E-state index in [1.165, 1.54) is 12.1 Å². The molecule has 120 valence electrons. The number of ether oxygens (including phenoxy) is 2. The van der Waals surface area contributed by atoms with Gasteiger partial charge in [-0.05, 0) is 24.1 Å². The van der Waals surface area contributed by atoms with Gasteiger partial charge in [0.2, 0.25) is 5.91 Å². The van der Waals surface area contributed by atoms with E-state index in [2.05, 4.69) is 5.32 Å². The molecule has 2 rings (SSSR count). The number of nitrogens with two attached hydrogens (primary N) is 1. The number of carbonyl (C=O) groups excluding carboxylic acids is 2. The van der Waals surface area contributed by atoms with Gasteiger partial charge in [-0.15, -0.1) is 0 Å². The molecule has 1 heterocycles. The van der Waals surface area contributed by atoms with Gasteiger partial charge in [0.25, 0.3) is 5.91 Å². The number of amides is 2. The summed E-state index contributed by atoms with van der Waals surface area (Å²) in [6, 6.07) is 5.81. The fraction of sp³-hybridized carbons (Fsp3) is 0.467. The molecule has 1 saturated heterocycles. The average molecular weight is 310 g/mol. The molecule has 1 aromatic rings. The van der Waals surface area contributed by atoms with Gasteiger partial charge >= 0.3 is 0 Å². The molecule has 0 spiro atoms. The normalized spacial score (nSPS) is 19.4. The first-order valence-corrected chi connectivity index (χ1v) is 7.07. The minimum atomic E-state index is -0.659. The van der Waals surface area contributed by atoms with Gasteiger partial charge in [-0.25, -0.2) is 4.39 Å². The summed E-state index contributed by atoms with van der Waals surface area (Å²) < 4.78 is 23.3. The minimum Gasteiger partial charge on any atom is -0.376 e. The van der Waals surface area contributed by atoms with E-state index in [0.29, 0.717) is 19.6 Å². The molecule has 1 aliphatic rings. The van der Waals surface area contributed by atoms with E-state index >= 15 is 0 Å². The molecule has 0 aromatic heterocycles. The third-order valence-corrected chi connectivity index (χ3v) is 3.43. The zero-order chi connectivity index (χ0) is 15.9. The van der Waals surface area contributed by atoms with Crippen LogP contribution < -0.4 is 11.1 Å². The van der Waals surface area contributed by atoms with E-state index in [9.17, 15) is 14.0 Å². The van der Waals surface area contributed by atoms with Crippen LogP contribution in [0.5, 0.6) is 0 Å². The lowest BCUT2D eigenvalue weighted by Crippen LogP contribution is -2.46. The highest BCUT2D eigenvalue weighted by Crippen LogP contribution is 2.10. The Hall–Kier alpha value is -1.99. The van der Waals surface area contributed by atoms with Crippen molar-refractivity contribution < 1.29 is 23.5 Å². The summed E-state index contributed by atoms with van der Waals surface area (Å²) in [4.78, 5) is 23.4. The van der Waals surface area contributed by atoms with E-state index < -0.39 is 17.9 Å². The Morgan fingerprint density at radius 2 is 2.05 bits per heavy atom. The van der Waals surface area contributed by atoms with Crippen molar-refractivity contribution in [1.82, 2.24) is 5.32 Å². The molecule has 6 nitrogen and oxygen atoms in total. The Balaban J connectivity index is 1.87. The van der Waals surface area contributed by atoms with Crippen LogP contribution in [0.2, 0.25) is 0 Å². The maximum Gasteiger partial charge on any atom is 0.251 e. The highest BCUT2D eigenvalue weighted by atomic mass is 19.1. The molecule has 0 radical (unpaired) electrons. The molecular weight excluding hydrogens is 291 g/mol. The third-order valence-electron chi connectivity index (χ3n) is 3.43. The standard InChI is InChI=1S/C15H19FN2O4/c16-12-3-1-10(2-4-12)7-11(14(17)19)8-18-15(20)13-9-21-5-6-22-13/h1-4,11,13H,5-9H2,(H2,17,19)(H,18,20)/t11-,13+/m0/s1. The van der Waals surface area contributed by atoms with Gasteiger partial charge in [-0.3, -0.25) is 9.59 Å². The maximum absolute atomic E-state index is 12.9. The predicted molar refractivity (Wildman–Crippen MR) is 76.4 cm³/mol. The van der Waals surface area contributed by atoms with Crippen LogP contribution in [0, 0.1) is 11.7 Å². The summed E-state index contributed by atoms with van der Waals surface area (Å²) in [5, 5.41) is 2.65. The first kappa shape index (κ1) is 16.4. The van der Waals surface area contributed by atoms with Crippen LogP contribution in [0.4, 0.5) is 4.39 Å². The molecular formula is C15H19FN2O4. The average Bonchev–Trinajstić information content (AvgIpc) is 2.53. The largest absolute Gasteiger partial charge is 0.376 e. The molecule has 1 fully saturated rings. The Labute approximate surface area is 127 Å². The SMILES string of the molecule is NC(=O)[C@H](CNC(=O)[C@H]1COCCO1)Cc1ccc(F)cc1. The lowest BCUT2D eigenvalue weighted by Gasteiger charge is -2.23. The van der Waals surface area contributed by atoms with Gasteiger partial charge in [0, 0.05) is 6.54 Å². The van der Waals surface area contributed by atoms with Crippen molar-refractivity contribution in [3.63, 3.8) is 0 Å². The highest BCUT2D eigenvalue weighted by Gasteiger charge is 2.24. The molecule has 22 heavy (non-hydrogen) atoms. The van der Waals surface area contributed by atoms with Crippen LogP contribution in [0.3, 0.4) is 0 Å². The molecule has 1 aliphatic heterocycles. The molecule has 3 N–H and O–H groups in total. The third kappa shape index (κ3) is 4.78. The number of hydrogen-bond acceptors (Lipinski definition) is 4. The topological polar surface area (TPSA) is 90.7 Å². The van der Waals surface area contributed by atoms with Gasteiger partial charge in [0.05, 0.1) is 25.7 Å². The summed E-state index contributed by atoms with van der Waals surface area (Å²) in [5.41, 5.74) is 6.13. The molecule has 0 aliphatic carbocycles. The number of benzene rings is 1. The molecule has 0 bridgehead atoms. The summed E-state index contributed by atoms with van der Waals surface area (Å²) in [5.74, 6) is -1.77. The number of primary amides is 1. The van der Waals surface area contributed by atoms with Gasteiger partial charge < -0.3 is 20.5 Å². The van der Waals surface area contributed by atoms with E-state index in [-0.39, 0.29) is 24.9 Å². The lowest BCUT2D eigenvalue weighted by atomic mass is 9.98. The molecule has 1 aromatic carbocycles. The van der Waals surface area contributed by atoms with E-state index in [1.807, 2.05) is 0 Å². The zero-order valence-electron chi connectivity index (χ0n) is 12.1. The molecule has 0 saturated carbocycles. The lowest BCUT2D eigenvalue weighted by molar-refractivity contribution is -0.147. The summed E-state index contributed by atoms with van der Waals surface area (Å²) >= 11 is 0. The Bertz CT molecular complexity index is 515. The van der Waals surface area contributed by atoms with Crippen molar-refractivity contribution in [2.75, 3.05) is 26.4 Å². The Morgan fingerprint density at radius 1 is 1.32 bits per heavy atom. The smallest absolute Gasteiger partial charge is 0.251 e. The maximum atomic E-state index is 12.9. The summed E-state index contributed by atoms with van der Waals surface area (Å²) in [6.07, 6.45) is -0.328. The Kier molecular flexibility index (Phi) is 5.85. The first-order valence-electron chi connectivity index (χ1n) is 7.07. The Morgan fingerprint density at radius 3 is 2.64 bits per heavy atom. The van der Waals surface area contributed by atoms with Crippen molar-refractivity contribution in [3.05, 3.63) is 35.6 Å². The van der Waals surface area contributed by atoms with Crippen LogP contribution >= 0.6 is 0 Å². The van der Waals surface area contributed by atoms with Crippen molar-refractivity contribution in [2.45, 2.75) is 12.5 Å². The van der Waals surface area contributed by atoms with Crippen LogP contribution in [0.1, 0.15) is 5.56 Å².